The summed E-state index contributed by atoms with van der Waals surface area (Å²) in [6.45, 7) is 2.14. The molecule has 2 atom stereocenters. The van der Waals surface area contributed by atoms with Gasteiger partial charge in [-0.2, -0.15) is 0 Å². The van der Waals surface area contributed by atoms with E-state index in [2.05, 4.69) is 37.2 Å². The Morgan fingerprint density at radius 3 is 2.53 bits per heavy atom. The van der Waals surface area contributed by atoms with Gasteiger partial charge < -0.3 is 14.6 Å². The number of hydrogen-bond donors (Lipinski definition) is 4. The summed E-state index contributed by atoms with van der Waals surface area (Å²) in [5.74, 6) is -0.730. The number of hydrogen-bond acceptors (Lipinski definition) is 7. The summed E-state index contributed by atoms with van der Waals surface area (Å²) in [5, 5.41) is 22.0. The lowest BCUT2D eigenvalue weighted by molar-refractivity contribution is -0.124. The molecule has 0 aliphatic rings. The number of carbonyl (C=O) groups excluding carboxylic acids is 2. The molecule has 34 heavy (non-hydrogen) atoms. The summed E-state index contributed by atoms with van der Waals surface area (Å²) >= 11 is 8.31. The van der Waals surface area contributed by atoms with Gasteiger partial charge in [-0.3, -0.25) is 15.3 Å². The molecule has 0 saturated heterocycles. The minimum atomic E-state index is -0.959. The van der Waals surface area contributed by atoms with Gasteiger partial charge in [-0.05, 0) is 78.3 Å². The molecule has 0 unspecified atom stereocenters. The molecule has 0 spiro atoms. The van der Waals surface area contributed by atoms with E-state index in [0.717, 1.165) is 4.90 Å². The third kappa shape index (κ3) is 8.62. The number of halogens is 2. The molecule has 0 aromatic heterocycles. The lowest BCUT2D eigenvalue weighted by Crippen LogP contribution is -2.29. The van der Waals surface area contributed by atoms with Gasteiger partial charge >= 0.3 is 6.09 Å². The van der Waals surface area contributed by atoms with Crippen molar-refractivity contribution in [1.29, 1.82) is 0 Å². The molecule has 0 bridgehead atoms. The molecule has 11 heteroatoms. The fourth-order valence-corrected chi connectivity index (χ4v) is 4.77. The third-order valence-electron chi connectivity index (χ3n) is 4.65. The van der Waals surface area contributed by atoms with Gasteiger partial charge in [0.15, 0.2) is 6.10 Å². The van der Waals surface area contributed by atoms with Crippen molar-refractivity contribution in [3.05, 3.63) is 63.1 Å². The van der Waals surface area contributed by atoms with Gasteiger partial charge in [0.05, 0.1) is 10.6 Å². The quantitative estimate of drug-likeness (QED) is 0.103. The van der Waals surface area contributed by atoms with Crippen molar-refractivity contribution >= 4 is 61.3 Å². The average molecular weight is 618 g/mol. The molecular formula is C23H26Br2N2O6S. The normalized spacial score (nSPS) is 12.9. The van der Waals surface area contributed by atoms with Crippen LogP contribution in [0.25, 0.3) is 0 Å². The number of phenolic OH excluding ortho intramolecular Hbond substituents is 1. The van der Waals surface area contributed by atoms with Crippen molar-refractivity contribution < 1.29 is 29.4 Å². The Balaban J connectivity index is 2.30. The number of amides is 2. The maximum atomic E-state index is 12.8. The van der Waals surface area contributed by atoms with Crippen LogP contribution in [0.2, 0.25) is 0 Å². The summed E-state index contributed by atoms with van der Waals surface area (Å²) in [6, 6.07) is 10.6. The van der Waals surface area contributed by atoms with Crippen LogP contribution in [-0.4, -0.2) is 41.3 Å². The van der Waals surface area contributed by atoms with E-state index in [4.69, 9.17) is 14.7 Å². The van der Waals surface area contributed by atoms with Crippen LogP contribution in [0.1, 0.15) is 31.4 Å². The molecule has 2 aromatic rings. The van der Waals surface area contributed by atoms with Crippen LogP contribution in [0.15, 0.2) is 62.4 Å². The predicted molar refractivity (Wildman–Crippen MR) is 138 cm³/mol. The van der Waals surface area contributed by atoms with E-state index in [1.165, 1.54) is 11.6 Å². The number of allylic oxidation sites excluding steroid dienone is 1. The van der Waals surface area contributed by atoms with Crippen molar-refractivity contribution in [3.8, 4) is 5.75 Å². The topological polar surface area (TPSA) is 117 Å². The van der Waals surface area contributed by atoms with E-state index in [0.29, 0.717) is 39.6 Å². The lowest BCUT2D eigenvalue weighted by Gasteiger charge is -2.28. The van der Waals surface area contributed by atoms with Crippen LogP contribution < -0.4 is 10.8 Å². The van der Waals surface area contributed by atoms with Gasteiger partial charge in [0.2, 0.25) is 0 Å². The first kappa shape index (κ1) is 28.2. The van der Waals surface area contributed by atoms with Gasteiger partial charge in [-0.25, -0.2) is 10.3 Å². The van der Waals surface area contributed by atoms with Crippen LogP contribution >= 0.6 is 43.6 Å². The summed E-state index contributed by atoms with van der Waals surface area (Å²) in [7, 11) is 0. The summed E-state index contributed by atoms with van der Waals surface area (Å²) in [5.41, 5.74) is 2.44. The molecule has 8 nitrogen and oxygen atoms in total. The Bertz CT molecular complexity index is 1000. The van der Waals surface area contributed by atoms with Crippen molar-refractivity contribution in [1.82, 2.24) is 5.48 Å². The highest BCUT2D eigenvalue weighted by Crippen LogP contribution is 2.39. The van der Waals surface area contributed by atoms with Crippen LogP contribution in [0.5, 0.6) is 5.75 Å². The van der Waals surface area contributed by atoms with Gasteiger partial charge in [0, 0.05) is 33.3 Å². The maximum absolute atomic E-state index is 12.8. The zero-order valence-corrected chi connectivity index (χ0v) is 22.6. The molecule has 2 amide bonds. The number of carbonyl (C=O) groups is 2. The Labute approximate surface area is 219 Å². The van der Waals surface area contributed by atoms with Gasteiger partial charge in [0.1, 0.15) is 5.75 Å². The van der Waals surface area contributed by atoms with Crippen LogP contribution in [0.4, 0.5) is 10.5 Å². The van der Waals surface area contributed by atoms with E-state index in [-0.39, 0.29) is 5.75 Å². The maximum Gasteiger partial charge on any atom is 0.412 e. The number of aromatic hydroxyl groups is 1. The minimum absolute atomic E-state index is 0.0785. The molecule has 0 saturated carbocycles. The Morgan fingerprint density at radius 1 is 1.21 bits per heavy atom. The molecule has 2 rings (SSSR count). The fourth-order valence-electron chi connectivity index (χ4n) is 3.10. The van der Waals surface area contributed by atoms with Gasteiger partial charge in [0.25, 0.3) is 5.91 Å². The zero-order chi connectivity index (χ0) is 25.1. The summed E-state index contributed by atoms with van der Waals surface area (Å²) in [6.07, 6.45) is 3.18. The van der Waals surface area contributed by atoms with E-state index in [9.17, 15) is 14.7 Å². The van der Waals surface area contributed by atoms with E-state index in [1.807, 2.05) is 25.3 Å². The highest BCUT2D eigenvalue weighted by Gasteiger charge is 2.31. The van der Waals surface area contributed by atoms with Crippen molar-refractivity contribution in [2.24, 2.45) is 0 Å². The van der Waals surface area contributed by atoms with E-state index >= 15 is 0 Å². The number of rotatable bonds is 11. The fraction of sp³-hybridized carbons (Fsp3) is 0.304. The van der Waals surface area contributed by atoms with Crippen molar-refractivity contribution in [2.75, 3.05) is 18.2 Å². The predicted octanol–water partition coefficient (Wildman–Crippen LogP) is 6.18. The second-order valence-corrected chi connectivity index (χ2v) is 9.60. The highest BCUT2D eigenvalue weighted by atomic mass is 79.9. The summed E-state index contributed by atoms with van der Waals surface area (Å²) < 4.78 is 12.7. The van der Waals surface area contributed by atoms with Crippen LogP contribution in [-0.2, 0) is 14.3 Å². The number of thioether (sulfide) groups is 1. The van der Waals surface area contributed by atoms with Crippen LogP contribution in [0.3, 0.4) is 0 Å². The number of anilines is 1. The smallest absolute Gasteiger partial charge is 0.412 e. The highest BCUT2D eigenvalue weighted by molar-refractivity contribution is 9.11. The SMILES string of the molecule is CCO[C@@H](CC/C=C/C(=O)NO)[C@@H](OC(=O)Nc1ccc(SC)cc1)c1cc(Br)cc(Br)c1O. The Morgan fingerprint density at radius 2 is 1.91 bits per heavy atom. The first-order chi connectivity index (χ1) is 16.3. The average Bonchev–Trinajstić information content (AvgIpc) is 2.82. The molecular weight excluding hydrogens is 592 g/mol. The van der Waals surface area contributed by atoms with Crippen molar-refractivity contribution in [3.63, 3.8) is 0 Å². The molecule has 0 fully saturated rings. The number of hydroxylamine groups is 1. The number of nitrogens with one attached hydrogen (secondary N) is 2. The second-order valence-electron chi connectivity index (χ2n) is 6.95. The number of phenols is 1. The molecule has 0 aliphatic carbocycles. The third-order valence-corrected chi connectivity index (χ3v) is 6.46. The molecule has 2 aromatic carbocycles. The van der Waals surface area contributed by atoms with E-state index in [1.54, 1.807) is 42.1 Å². The van der Waals surface area contributed by atoms with Gasteiger partial charge in [-0.1, -0.05) is 22.0 Å². The standard InChI is InChI=1S/C23H26Br2N2O6S/c1-3-32-19(6-4-5-7-20(28)27-31)22(17-12-14(24)13-18(25)21(17)29)33-23(30)26-15-8-10-16(34-2)11-9-15/h5,7-13,19,22,29,31H,3-4,6H2,1-2H3,(H,26,30)(H,27,28)/b7-5+/t19-,22-/m0/s1. The summed E-state index contributed by atoms with van der Waals surface area (Å²) in [4.78, 5) is 25.1. The monoisotopic (exact) mass is 616 g/mol. The molecule has 0 radical (unpaired) electrons. The Kier molecular flexibility index (Phi) is 11.9. The Hall–Kier alpha value is -2.05. The zero-order valence-electron chi connectivity index (χ0n) is 18.6. The van der Waals surface area contributed by atoms with Crippen LogP contribution in [0, 0.1) is 0 Å². The first-order valence-electron chi connectivity index (χ1n) is 10.3. The molecule has 4 N–H and O–H groups in total. The van der Waals surface area contributed by atoms with Gasteiger partial charge in [-0.15, -0.1) is 11.8 Å². The molecule has 0 heterocycles. The second kappa shape index (κ2) is 14.4. The first-order valence-corrected chi connectivity index (χ1v) is 13.1. The molecule has 184 valence electrons. The largest absolute Gasteiger partial charge is 0.506 e. The van der Waals surface area contributed by atoms with Crippen molar-refractivity contribution in [2.45, 2.75) is 36.9 Å². The molecule has 0 aliphatic heterocycles. The van der Waals surface area contributed by atoms with E-state index < -0.39 is 24.2 Å². The lowest BCUT2D eigenvalue weighted by atomic mass is 9.99. The minimum Gasteiger partial charge on any atom is -0.506 e. The number of benzene rings is 2. The number of ether oxygens (including phenoxy) is 2.